The Morgan fingerprint density at radius 1 is 1.37 bits per heavy atom. The van der Waals surface area contributed by atoms with Crippen LogP contribution < -0.4 is 10.6 Å². The third-order valence-electron chi connectivity index (χ3n) is 3.38. The number of hydrogen-bond acceptors (Lipinski definition) is 3. The van der Waals surface area contributed by atoms with Crippen LogP contribution in [0, 0.1) is 0 Å². The number of nitrogens with two attached hydrogens (primary N) is 1. The van der Waals surface area contributed by atoms with Gasteiger partial charge in [-0.1, -0.05) is 0 Å². The van der Waals surface area contributed by atoms with Gasteiger partial charge in [0.1, 0.15) is 0 Å². The number of hydrogen-bond donors (Lipinski definition) is 2. The maximum absolute atomic E-state index is 12.8. The van der Waals surface area contributed by atoms with Crippen LogP contribution in [-0.2, 0) is 12.7 Å². The molecule has 1 unspecified atom stereocenters. The molecule has 1 aromatic rings. The minimum Gasteiger partial charge on any atom is -0.391 e. The van der Waals surface area contributed by atoms with E-state index in [-0.39, 0.29) is 12.1 Å². The molecule has 1 fully saturated rings. The smallest absolute Gasteiger partial charge is 0.391 e. The van der Waals surface area contributed by atoms with E-state index >= 15 is 0 Å². The summed E-state index contributed by atoms with van der Waals surface area (Å²) in [5.74, 6) is 0. The average molecular weight is 274 g/mol. The molecule has 0 radical (unpaired) electrons. The summed E-state index contributed by atoms with van der Waals surface area (Å²) in [7, 11) is 0. The summed E-state index contributed by atoms with van der Waals surface area (Å²) in [6.07, 6.45) is -3.23. The van der Waals surface area contributed by atoms with Gasteiger partial charge in [-0.05, 0) is 36.6 Å². The van der Waals surface area contributed by atoms with E-state index in [0.29, 0.717) is 12.2 Å². The Kier molecular flexibility index (Phi) is 4.01. The standard InChI is InChI=1S/C13H17F3N2O/c14-13(15,16)12-4-3-10(6-9(12)7-17)18-5-1-2-11(19)8-18/h3-4,6,11,19H,1-2,5,7-8,17H2. The highest BCUT2D eigenvalue weighted by Crippen LogP contribution is 2.34. The Hall–Kier alpha value is -1.27. The van der Waals surface area contributed by atoms with Crippen LogP contribution >= 0.6 is 0 Å². The van der Waals surface area contributed by atoms with Gasteiger partial charge in [-0.2, -0.15) is 13.2 Å². The first kappa shape index (κ1) is 14.1. The fourth-order valence-electron chi connectivity index (χ4n) is 2.41. The van der Waals surface area contributed by atoms with Crippen molar-refractivity contribution in [2.45, 2.75) is 31.7 Å². The van der Waals surface area contributed by atoms with Crippen molar-refractivity contribution in [2.75, 3.05) is 18.0 Å². The summed E-state index contributed by atoms with van der Waals surface area (Å²) in [4.78, 5) is 1.90. The molecule has 0 spiro atoms. The van der Waals surface area contributed by atoms with Gasteiger partial charge in [0.15, 0.2) is 0 Å². The van der Waals surface area contributed by atoms with Gasteiger partial charge in [-0.3, -0.25) is 0 Å². The highest BCUT2D eigenvalue weighted by Gasteiger charge is 2.33. The maximum atomic E-state index is 12.8. The molecule has 0 saturated carbocycles. The molecule has 1 atom stereocenters. The lowest BCUT2D eigenvalue weighted by Gasteiger charge is -2.32. The van der Waals surface area contributed by atoms with Gasteiger partial charge in [0.05, 0.1) is 11.7 Å². The number of rotatable bonds is 2. The second-order valence-corrected chi connectivity index (χ2v) is 4.79. The molecule has 0 aliphatic carbocycles. The number of nitrogens with zero attached hydrogens (tertiary/aromatic N) is 1. The summed E-state index contributed by atoms with van der Waals surface area (Å²) in [5.41, 5.74) is 5.50. The monoisotopic (exact) mass is 274 g/mol. The van der Waals surface area contributed by atoms with Gasteiger partial charge in [-0.15, -0.1) is 0 Å². The normalized spacial score (nSPS) is 20.7. The summed E-state index contributed by atoms with van der Waals surface area (Å²) in [6.45, 7) is 1.04. The Bertz CT molecular complexity index is 448. The molecule has 0 bridgehead atoms. The Balaban J connectivity index is 2.28. The molecule has 3 nitrogen and oxygen atoms in total. The van der Waals surface area contributed by atoms with E-state index in [9.17, 15) is 18.3 Å². The average Bonchev–Trinajstić information content (AvgIpc) is 2.37. The molecule has 1 aliphatic rings. The van der Waals surface area contributed by atoms with Crippen molar-refractivity contribution < 1.29 is 18.3 Å². The van der Waals surface area contributed by atoms with Crippen molar-refractivity contribution in [1.82, 2.24) is 0 Å². The molecule has 3 N–H and O–H groups in total. The fraction of sp³-hybridized carbons (Fsp3) is 0.538. The highest BCUT2D eigenvalue weighted by atomic mass is 19.4. The van der Waals surface area contributed by atoms with Crippen LogP contribution in [0.4, 0.5) is 18.9 Å². The maximum Gasteiger partial charge on any atom is 0.416 e. The van der Waals surface area contributed by atoms with Gasteiger partial charge < -0.3 is 15.7 Å². The lowest BCUT2D eigenvalue weighted by molar-refractivity contribution is -0.138. The zero-order valence-electron chi connectivity index (χ0n) is 10.5. The molecule has 1 heterocycles. The predicted molar refractivity (Wildman–Crippen MR) is 66.8 cm³/mol. The van der Waals surface area contributed by atoms with Gasteiger partial charge >= 0.3 is 6.18 Å². The number of piperidine rings is 1. The quantitative estimate of drug-likeness (QED) is 0.868. The summed E-state index contributed by atoms with van der Waals surface area (Å²) < 4.78 is 38.3. The largest absolute Gasteiger partial charge is 0.416 e. The fourth-order valence-corrected chi connectivity index (χ4v) is 2.41. The van der Waals surface area contributed by atoms with E-state index in [1.165, 1.54) is 12.1 Å². The lowest BCUT2D eigenvalue weighted by atomic mass is 10.0. The topological polar surface area (TPSA) is 49.5 Å². The highest BCUT2D eigenvalue weighted by molar-refractivity contribution is 5.52. The first-order chi connectivity index (χ1) is 8.91. The Labute approximate surface area is 109 Å². The molecule has 0 amide bonds. The molecule has 1 aliphatic heterocycles. The minimum atomic E-state index is -4.38. The zero-order chi connectivity index (χ0) is 14.0. The number of benzene rings is 1. The first-order valence-electron chi connectivity index (χ1n) is 6.25. The molecule has 2 rings (SSSR count). The van der Waals surface area contributed by atoms with Gasteiger partial charge in [0.25, 0.3) is 0 Å². The molecular weight excluding hydrogens is 257 g/mol. The van der Waals surface area contributed by atoms with Crippen LogP contribution in [0.1, 0.15) is 24.0 Å². The number of anilines is 1. The SMILES string of the molecule is NCc1cc(N2CCCC(O)C2)ccc1C(F)(F)F. The van der Waals surface area contributed by atoms with Crippen molar-refractivity contribution in [2.24, 2.45) is 5.73 Å². The van der Waals surface area contributed by atoms with Gasteiger partial charge in [0, 0.05) is 25.3 Å². The lowest BCUT2D eigenvalue weighted by Crippen LogP contribution is -2.38. The molecule has 1 aromatic carbocycles. The van der Waals surface area contributed by atoms with Crippen LogP contribution in [0.5, 0.6) is 0 Å². The minimum absolute atomic E-state index is 0.0880. The van der Waals surface area contributed by atoms with E-state index in [2.05, 4.69) is 0 Å². The number of aliphatic hydroxyl groups is 1. The van der Waals surface area contributed by atoms with E-state index in [0.717, 1.165) is 25.5 Å². The molecule has 0 aromatic heterocycles. The zero-order valence-corrected chi connectivity index (χ0v) is 10.5. The first-order valence-corrected chi connectivity index (χ1v) is 6.25. The predicted octanol–water partition coefficient (Wildman–Crippen LogP) is 2.13. The van der Waals surface area contributed by atoms with Crippen molar-refractivity contribution in [1.29, 1.82) is 0 Å². The van der Waals surface area contributed by atoms with Crippen molar-refractivity contribution in [3.63, 3.8) is 0 Å². The molecule has 19 heavy (non-hydrogen) atoms. The molecule has 6 heteroatoms. The van der Waals surface area contributed by atoms with E-state index < -0.39 is 17.8 Å². The van der Waals surface area contributed by atoms with Crippen molar-refractivity contribution in [3.05, 3.63) is 29.3 Å². The number of β-amino-alcohol motifs (C(OH)–C–C–N with tert-alkyl or cyclic N) is 1. The molecule has 106 valence electrons. The summed E-state index contributed by atoms with van der Waals surface area (Å²) in [5, 5.41) is 9.60. The third-order valence-corrected chi connectivity index (χ3v) is 3.38. The molecule has 1 saturated heterocycles. The second-order valence-electron chi connectivity index (χ2n) is 4.79. The van der Waals surface area contributed by atoms with Crippen LogP contribution in [0.25, 0.3) is 0 Å². The van der Waals surface area contributed by atoms with Crippen LogP contribution in [-0.4, -0.2) is 24.3 Å². The third kappa shape index (κ3) is 3.19. The Morgan fingerprint density at radius 3 is 2.68 bits per heavy atom. The van der Waals surface area contributed by atoms with Crippen LogP contribution in [0.15, 0.2) is 18.2 Å². The second kappa shape index (κ2) is 5.38. The van der Waals surface area contributed by atoms with Gasteiger partial charge in [-0.25, -0.2) is 0 Å². The van der Waals surface area contributed by atoms with E-state index in [1.807, 2.05) is 4.90 Å². The summed E-state index contributed by atoms with van der Waals surface area (Å²) in [6, 6.07) is 3.99. The number of alkyl halides is 3. The van der Waals surface area contributed by atoms with Crippen LogP contribution in [0.2, 0.25) is 0 Å². The van der Waals surface area contributed by atoms with E-state index in [4.69, 9.17) is 5.73 Å². The van der Waals surface area contributed by atoms with Gasteiger partial charge in [0.2, 0.25) is 0 Å². The number of aliphatic hydroxyl groups excluding tert-OH is 1. The van der Waals surface area contributed by atoms with E-state index in [1.54, 1.807) is 0 Å². The van der Waals surface area contributed by atoms with Crippen molar-refractivity contribution >= 4 is 5.69 Å². The Morgan fingerprint density at radius 2 is 2.11 bits per heavy atom. The van der Waals surface area contributed by atoms with Crippen LogP contribution in [0.3, 0.4) is 0 Å². The summed E-state index contributed by atoms with van der Waals surface area (Å²) >= 11 is 0. The number of halogens is 3. The molecular formula is C13H17F3N2O. The van der Waals surface area contributed by atoms with Crippen molar-refractivity contribution in [3.8, 4) is 0 Å².